The quantitative estimate of drug-likeness (QED) is 0.601. The Morgan fingerprint density at radius 2 is 1.53 bits per heavy atom. The molecule has 0 aromatic heterocycles. The first kappa shape index (κ1) is 16.9. The molecule has 0 spiro atoms. The van der Waals surface area contributed by atoms with Gasteiger partial charge in [-0.25, -0.2) is 0 Å². The first-order chi connectivity index (χ1) is 9.21. The largest absolute Gasteiger partial charge is 0.353 e. The molecule has 0 radical (unpaired) electrons. The molecular formula is C15H32N2O2. The van der Waals surface area contributed by atoms with Crippen LogP contribution in [0, 0.1) is 0 Å². The van der Waals surface area contributed by atoms with Crippen molar-refractivity contribution in [2.75, 3.05) is 45.9 Å². The number of rotatable bonds is 9. The van der Waals surface area contributed by atoms with Gasteiger partial charge in [-0.05, 0) is 27.2 Å². The number of piperazine rings is 1. The molecule has 4 heteroatoms. The van der Waals surface area contributed by atoms with Gasteiger partial charge >= 0.3 is 0 Å². The average Bonchev–Trinajstić information content (AvgIpc) is 2.45. The van der Waals surface area contributed by atoms with Crippen molar-refractivity contribution in [1.82, 2.24) is 9.80 Å². The lowest BCUT2D eigenvalue weighted by Gasteiger charge is -2.38. The molecule has 4 nitrogen and oxygen atoms in total. The van der Waals surface area contributed by atoms with E-state index in [0.717, 1.165) is 32.2 Å². The highest BCUT2D eigenvalue weighted by Crippen LogP contribution is 2.10. The Hall–Kier alpha value is -0.160. The molecule has 1 rings (SSSR count). The molecule has 0 aliphatic carbocycles. The van der Waals surface area contributed by atoms with Crippen LogP contribution in [0.3, 0.4) is 0 Å². The zero-order valence-electron chi connectivity index (χ0n) is 13.2. The van der Waals surface area contributed by atoms with E-state index in [1.807, 2.05) is 13.8 Å². The van der Waals surface area contributed by atoms with E-state index in [2.05, 4.69) is 23.6 Å². The van der Waals surface area contributed by atoms with Crippen LogP contribution in [0.1, 0.15) is 40.5 Å². The van der Waals surface area contributed by atoms with Crippen LogP contribution in [0.15, 0.2) is 0 Å². The van der Waals surface area contributed by atoms with Crippen LogP contribution < -0.4 is 0 Å². The molecule has 1 saturated heterocycles. The van der Waals surface area contributed by atoms with Gasteiger partial charge < -0.3 is 14.4 Å². The Bertz CT molecular complexity index is 212. The second-order valence-electron chi connectivity index (χ2n) is 5.26. The molecule has 19 heavy (non-hydrogen) atoms. The minimum atomic E-state index is -0.0254. The van der Waals surface area contributed by atoms with Gasteiger partial charge in [0.2, 0.25) is 0 Å². The van der Waals surface area contributed by atoms with Gasteiger partial charge in [-0.2, -0.15) is 0 Å². The monoisotopic (exact) mass is 272 g/mol. The summed E-state index contributed by atoms with van der Waals surface area (Å²) in [6.07, 6.45) is 2.20. The maximum atomic E-state index is 5.59. The number of hydrogen-bond donors (Lipinski definition) is 0. The SMILES string of the molecule is CCOC(CCN1CCN(C(C)CC)CC1)OCC. The summed E-state index contributed by atoms with van der Waals surface area (Å²) in [7, 11) is 0. The molecular weight excluding hydrogens is 240 g/mol. The van der Waals surface area contributed by atoms with E-state index in [4.69, 9.17) is 9.47 Å². The van der Waals surface area contributed by atoms with E-state index in [9.17, 15) is 0 Å². The summed E-state index contributed by atoms with van der Waals surface area (Å²) in [5, 5.41) is 0. The third-order valence-electron chi connectivity index (χ3n) is 4.01. The predicted molar refractivity (Wildman–Crippen MR) is 79.4 cm³/mol. The highest BCUT2D eigenvalue weighted by molar-refractivity contribution is 4.75. The van der Waals surface area contributed by atoms with Crippen LogP contribution in [0.4, 0.5) is 0 Å². The van der Waals surface area contributed by atoms with Crippen LogP contribution >= 0.6 is 0 Å². The lowest BCUT2D eigenvalue weighted by atomic mass is 10.2. The summed E-state index contributed by atoms with van der Waals surface area (Å²) < 4.78 is 11.2. The lowest BCUT2D eigenvalue weighted by Crippen LogP contribution is -2.49. The van der Waals surface area contributed by atoms with Crippen LogP contribution in [-0.4, -0.2) is 68.1 Å². The second kappa shape index (κ2) is 9.70. The maximum Gasteiger partial charge on any atom is 0.158 e. The Morgan fingerprint density at radius 3 is 2.00 bits per heavy atom. The summed E-state index contributed by atoms with van der Waals surface area (Å²) >= 11 is 0. The van der Waals surface area contributed by atoms with E-state index in [1.165, 1.54) is 32.6 Å². The van der Waals surface area contributed by atoms with Gasteiger partial charge in [-0.15, -0.1) is 0 Å². The Balaban J connectivity index is 2.21. The van der Waals surface area contributed by atoms with Crippen molar-refractivity contribution in [1.29, 1.82) is 0 Å². The highest BCUT2D eigenvalue weighted by atomic mass is 16.7. The molecule has 0 saturated carbocycles. The molecule has 0 aromatic carbocycles. The smallest absolute Gasteiger partial charge is 0.158 e. The summed E-state index contributed by atoms with van der Waals surface area (Å²) in [4.78, 5) is 5.13. The molecule has 0 aromatic rings. The minimum absolute atomic E-state index is 0.0254. The molecule has 1 heterocycles. The molecule has 1 aliphatic rings. The van der Waals surface area contributed by atoms with Crippen LogP contribution in [0.25, 0.3) is 0 Å². The van der Waals surface area contributed by atoms with Gasteiger partial charge in [0.15, 0.2) is 6.29 Å². The average molecular weight is 272 g/mol. The number of ether oxygens (including phenoxy) is 2. The summed E-state index contributed by atoms with van der Waals surface area (Å²) in [5.74, 6) is 0. The second-order valence-corrected chi connectivity index (χ2v) is 5.26. The first-order valence-corrected chi connectivity index (χ1v) is 7.90. The van der Waals surface area contributed by atoms with E-state index in [-0.39, 0.29) is 6.29 Å². The summed E-state index contributed by atoms with van der Waals surface area (Å²) in [5.41, 5.74) is 0. The van der Waals surface area contributed by atoms with Crippen molar-refractivity contribution in [3.05, 3.63) is 0 Å². The van der Waals surface area contributed by atoms with E-state index < -0.39 is 0 Å². The Labute approximate surface area is 119 Å². The topological polar surface area (TPSA) is 24.9 Å². The minimum Gasteiger partial charge on any atom is -0.353 e. The Morgan fingerprint density at radius 1 is 0.947 bits per heavy atom. The predicted octanol–water partition coefficient (Wildman–Crippen LogP) is 2.19. The van der Waals surface area contributed by atoms with Crippen molar-refractivity contribution in [3.63, 3.8) is 0 Å². The van der Waals surface area contributed by atoms with Crippen LogP contribution in [0.2, 0.25) is 0 Å². The van der Waals surface area contributed by atoms with Crippen molar-refractivity contribution >= 4 is 0 Å². The van der Waals surface area contributed by atoms with E-state index in [1.54, 1.807) is 0 Å². The van der Waals surface area contributed by atoms with Crippen molar-refractivity contribution in [2.24, 2.45) is 0 Å². The number of hydrogen-bond acceptors (Lipinski definition) is 4. The third-order valence-corrected chi connectivity index (χ3v) is 4.01. The molecule has 1 aliphatic heterocycles. The molecule has 114 valence electrons. The fourth-order valence-corrected chi connectivity index (χ4v) is 2.56. The zero-order valence-corrected chi connectivity index (χ0v) is 13.2. The van der Waals surface area contributed by atoms with Crippen LogP contribution in [-0.2, 0) is 9.47 Å². The van der Waals surface area contributed by atoms with Gasteiger partial charge in [0.1, 0.15) is 0 Å². The lowest BCUT2D eigenvalue weighted by molar-refractivity contribution is -0.142. The van der Waals surface area contributed by atoms with Gasteiger partial charge in [0.25, 0.3) is 0 Å². The fourth-order valence-electron chi connectivity index (χ4n) is 2.56. The normalized spacial score (nSPS) is 20.1. The van der Waals surface area contributed by atoms with E-state index >= 15 is 0 Å². The molecule has 0 bridgehead atoms. The van der Waals surface area contributed by atoms with Crippen molar-refractivity contribution < 1.29 is 9.47 Å². The number of nitrogens with zero attached hydrogens (tertiary/aromatic N) is 2. The third kappa shape index (κ3) is 6.21. The standard InChI is InChI=1S/C15H32N2O2/c1-5-14(4)17-12-10-16(11-13-17)9-8-15(18-6-2)19-7-3/h14-15H,5-13H2,1-4H3. The highest BCUT2D eigenvalue weighted by Gasteiger charge is 2.20. The van der Waals surface area contributed by atoms with Gasteiger partial charge in [0, 0.05) is 58.4 Å². The van der Waals surface area contributed by atoms with Crippen LogP contribution in [0.5, 0.6) is 0 Å². The first-order valence-electron chi connectivity index (χ1n) is 7.90. The fraction of sp³-hybridized carbons (Fsp3) is 1.00. The maximum absolute atomic E-state index is 5.59. The van der Waals surface area contributed by atoms with Gasteiger partial charge in [-0.1, -0.05) is 6.92 Å². The van der Waals surface area contributed by atoms with Gasteiger partial charge in [0.05, 0.1) is 0 Å². The molecule has 1 unspecified atom stereocenters. The molecule has 0 amide bonds. The molecule has 0 N–H and O–H groups in total. The van der Waals surface area contributed by atoms with E-state index in [0.29, 0.717) is 0 Å². The summed E-state index contributed by atoms with van der Waals surface area (Å²) in [6, 6.07) is 0.724. The molecule has 1 fully saturated rings. The van der Waals surface area contributed by atoms with Crippen molar-refractivity contribution in [3.8, 4) is 0 Å². The summed E-state index contributed by atoms with van der Waals surface area (Å²) in [6.45, 7) is 15.9. The molecule has 1 atom stereocenters. The van der Waals surface area contributed by atoms with Crippen molar-refractivity contribution in [2.45, 2.75) is 52.9 Å². The zero-order chi connectivity index (χ0) is 14.1. The Kier molecular flexibility index (Phi) is 8.62. The van der Waals surface area contributed by atoms with Gasteiger partial charge in [-0.3, -0.25) is 4.90 Å².